The minimum Gasteiger partial charge on any atom is -0.467 e. The zero-order chi connectivity index (χ0) is 24.4. The lowest BCUT2D eigenvalue weighted by atomic mass is 9.48. The first kappa shape index (κ1) is 24.1. The van der Waals surface area contributed by atoms with E-state index < -0.39 is 0 Å². The van der Waals surface area contributed by atoms with Crippen molar-refractivity contribution < 1.29 is 23.7 Å². The first-order valence-electron chi connectivity index (χ1n) is 12.9. The second-order valence-corrected chi connectivity index (χ2v) is 10.5. The van der Waals surface area contributed by atoms with E-state index in [1.165, 1.54) is 44.1 Å². The van der Waals surface area contributed by atoms with Gasteiger partial charge in [-0.15, -0.1) is 0 Å². The third-order valence-corrected chi connectivity index (χ3v) is 8.20. The highest BCUT2D eigenvalue weighted by Crippen LogP contribution is 2.62. The van der Waals surface area contributed by atoms with Gasteiger partial charge in [0.25, 0.3) is 0 Å². The predicted octanol–water partition coefficient (Wildman–Crippen LogP) is 6.72. The van der Waals surface area contributed by atoms with Crippen LogP contribution in [0, 0.1) is 17.8 Å². The van der Waals surface area contributed by atoms with E-state index in [2.05, 4.69) is 12.1 Å². The van der Waals surface area contributed by atoms with Crippen molar-refractivity contribution in [1.29, 1.82) is 0 Å². The van der Waals surface area contributed by atoms with Gasteiger partial charge in [0, 0.05) is 18.2 Å². The van der Waals surface area contributed by atoms with Crippen molar-refractivity contribution in [2.24, 2.45) is 17.8 Å². The molecule has 4 aliphatic rings. The van der Waals surface area contributed by atoms with Crippen molar-refractivity contribution in [3.05, 3.63) is 71.3 Å². The normalized spacial score (nSPS) is 28.1. The van der Waals surface area contributed by atoms with Crippen molar-refractivity contribution in [1.82, 2.24) is 0 Å². The Balaban J connectivity index is 1.43. The Kier molecular flexibility index (Phi) is 6.99. The van der Waals surface area contributed by atoms with Crippen molar-refractivity contribution in [2.75, 3.05) is 13.9 Å². The van der Waals surface area contributed by atoms with Gasteiger partial charge in [-0.2, -0.15) is 0 Å². The molecule has 0 radical (unpaired) electrons. The number of hydrogen-bond donors (Lipinski definition) is 0. The summed E-state index contributed by atoms with van der Waals surface area (Å²) in [5.41, 5.74) is 2.79. The van der Waals surface area contributed by atoms with Gasteiger partial charge in [0.15, 0.2) is 13.1 Å². The van der Waals surface area contributed by atoms with Crippen molar-refractivity contribution in [3.8, 4) is 5.75 Å². The SMILES string of the molecule is C/C=C(\OC(=O)c1ccccc1)c1ccc(C23CC4CC(CC(C4)C2)C3)c(OCOC(C)OC)c1. The molecular formula is C30H36O5. The molecule has 0 saturated heterocycles. The first-order chi connectivity index (χ1) is 17.0. The van der Waals surface area contributed by atoms with Crippen LogP contribution in [-0.2, 0) is 19.6 Å². The van der Waals surface area contributed by atoms with Crippen molar-refractivity contribution in [3.63, 3.8) is 0 Å². The topological polar surface area (TPSA) is 54.0 Å². The molecule has 5 nitrogen and oxygen atoms in total. The molecule has 0 spiro atoms. The van der Waals surface area contributed by atoms with Gasteiger partial charge in [-0.3, -0.25) is 0 Å². The molecule has 0 aliphatic heterocycles. The second kappa shape index (κ2) is 10.2. The van der Waals surface area contributed by atoms with E-state index in [0.717, 1.165) is 29.1 Å². The molecule has 35 heavy (non-hydrogen) atoms. The molecule has 186 valence electrons. The van der Waals surface area contributed by atoms with Crippen LogP contribution in [0.3, 0.4) is 0 Å². The van der Waals surface area contributed by atoms with Gasteiger partial charge in [0.2, 0.25) is 0 Å². The molecule has 0 heterocycles. The van der Waals surface area contributed by atoms with E-state index in [9.17, 15) is 4.79 Å². The number of hydrogen-bond acceptors (Lipinski definition) is 5. The highest BCUT2D eigenvalue weighted by Gasteiger charge is 2.52. The van der Waals surface area contributed by atoms with Gasteiger partial charge in [0.1, 0.15) is 11.5 Å². The summed E-state index contributed by atoms with van der Waals surface area (Å²) in [5.74, 6) is 3.46. The van der Waals surface area contributed by atoms with Crippen LogP contribution in [0.5, 0.6) is 5.75 Å². The zero-order valence-corrected chi connectivity index (χ0v) is 21.0. The third kappa shape index (κ3) is 5.03. The van der Waals surface area contributed by atoms with Gasteiger partial charge in [-0.25, -0.2) is 4.79 Å². The first-order valence-corrected chi connectivity index (χ1v) is 12.9. The molecular weight excluding hydrogens is 440 g/mol. The molecule has 0 N–H and O–H groups in total. The number of ether oxygens (including phenoxy) is 4. The highest BCUT2D eigenvalue weighted by molar-refractivity contribution is 5.93. The standard InChI is InChI=1S/C30H36O5/c1-4-27(35-29(31)24-8-6-5-7-9-24)25-10-11-26(28(15-25)34-19-33-20(2)32-3)30-16-21-12-22(17-30)14-23(13-21)18-30/h4-11,15,20-23H,12-14,16-19H2,1-3H3/b27-4-. The van der Waals surface area contributed by atoms with Crippen LogP contribution < -0.4 is 4.74 Å². The number of allylic oxidation sites excluding steroid dienone is 1. The maximum Gasteiger partial charge on any atom is 0.343 e. The van der Waals surface area contributed by atoms with Crippen LogP contribution in [0.1, 0.15) is 73.9 Å². The number of esters is 1. The number of carbonyl (C=O) groups is 1. The van der Waals surface area contributed by atoms with Gasteiger partial charge in [0.05, 0.1) is 5.56 Å². The molecule has 5 heteroatoms. The zero-order valence-electron chi connectivity index (χ0n) is 21.0. The Hall–Kier alpha value is -2.63. The summed E-state index contributed by atoms with van der Waals surface area (Å²) in [4.78, 5) is 12.7. The molecule has 4 bridgehead atoms. The maximum absolute atomic E-state index is 12.7. The Labute approximate surface area is 208 Å². The molecule has 2 aromatic rings. The van der Waals surface area contributed by atoms with Crippen LogP contribution >= 0.6 is 0 Å². The number of carbonyl (C=O) groups excluding carboxylic acids is 1. The Morgan fingerprint density at radius 3 is 2.26 bits per heavy atom. The molecule has 4 saturated carbocycles. The lowest BCUT2D eigenvalue weighted by molar-refractivity contribution is -0.150. The maximum atomic E-state index is 12.7. The fraction of sp³-hybridized carbons (Fsp3) is 0.500. The predicted molar refractivity (Wildman–Crippen MR) is 135 cm³/mol. The van der Waals surface area contributed by atoms with Crippen LogP contribution in [0.2, 0.25) is 0 Å². The minimum absolute atomic E-state index is 0.104. The lowest BCUT2D eigenvalue weighted by Crippen LogP contribution is -2.48. The average Bonchev–Trinajstić information content (AvgIpc) is 2.86. The molecule has 4 fully saturated rings. The second-order valence-electron chi connectivity index (χ2n) is 10.5. The summed E-state index contributed by atoms with van der Waals surface area (Å²) >= 11 is 0. The van der Waals surface area contributed by atoms with Gasteiger partial charge >= 0.3 is 5.97 Å². The van der Waals surface area contributed by atoms with Crippen molar-refractivity contribution in [2.45, 2.75) is 64.1 Å². The van der Waals surface area contributed by atoms with E-state index >= 15 is 0 Å². The smallest absolute Gasteiger partial charge is 0.343 e. The molecule has 0 amide bonds. The van der Waals surface area contributed by atoms with Crippen LogP contribution in [0.4, 0.5) is 0 Å². The number of rotatable bonds is 9. The summed E-state index contributed by atoms with van der Waals surface area (Å²) in [7, 11) is 1.62. The van der Waals surface area contributed by atoms with E-state index in [0.29, 0.717) is 11.3 Å². The van der Waals surface area contributed by atoms with E-state index in [1.54, 1.807) is 19.2 Å². The van der Waals surface area contributed by atoms with Crippen LogP contribution in [0.15, 0.2) is 54.6 Å². The fourth-order valence-electron chi connectivity index (χ4n) is 6.95. The number of benzene rings is 2. The Bertz CT molecular complexity index is 1040. The molecule has 0 aromatic heterocycles. The molecule has 1 atom stereocenters. The summed E-state index contributed by atoms with van der Waals surface area (Å²) in [6.07, 6.45) is 9.37. The summed E-state index contributed by atoms with van der Waals surface area (Å²) in [6.45, 7) is 3.83. The van der Waals surface area contributed by atoms with E-state index in [1.807, 2.05) is 44.2 Å². The summed E-state index contributed by atoms with van der Waals surface area (Å²) < 4.78 is 22.9. The molecule has 2 aromatic carbocycles. The molecule has 6 rings (SSSR count). The summed E-state index contributed by atoms with van der Waals surface area (Å²) in [6, 6.07) is 15.4. The quantitative estimate of drug-likeness (QED) is 0.228. The average molecular weight is 477 g/mol. The largest absolute Gasteiger partial charge is 0.467 e. The Morgan fingerprint density at radius 2 is 1.66 bits per heavy atom. The highest BCUT2D eigenvalue weighted by atomic mass is 16.7. The molecule has 1 unspecified atom stereocenters. The van der Waals surface area contributed by atoms with E-state index in [-0.39, 0.29) is 24.5 Å². The van der Waals surface area contributed by atoms with Crippen LogP contribution in [-0.4, -0.2) is 26.2 Å². The minimum atomic E-state index is -0.372. The van der Waals surface area contributed by atoms with Crippen LogP contribution in [0.25, 0.3) is 5.76 Å². The van der Waals surface area contributed by atoms with Gasteiger partial charge < -0.3 is 18.9 Å². The third-order valence-electron chi connectivity index (χ3n) is 8.20. The summed E-state index contributed by atoms with van der Waals surface area (Å²) in [5, 5.41) is 0. The van der Waals surface area contributed by atoms with E-state index in [4.69, 9.17) is 18.9 Å². The van der Waals surface area contributed by atoms with Gasteiger partial charge in [-0.1, -0.05) is 30.3 Å². The van der Waals surface area contributed by atoms with Crippen molar-refractivity contribution >= 4 is 11.7 Å². The monoisotopic (exact) mass is 476 g/mol. The lowest BCUT2D eigenvalue weighted by Gasteiger charge is -2.57. The number of methoxy groups -OCH3 is 1. The van der Waals surface area contributed by atoms with Gasteiger partial charge in [-0.05, 0) is 99.8 Å². The fourth-order valence-corrected chi connectivity index (χ4v) is 6.95. The Morgan fingerprint density at radius 1 is 1.00 bits per heavy atom. The molecule has 4 aliphatic carbocycles.